The van der Waals surface area contributed by atoms with Crippen LogP contribution in [-0.4, -0.2) is 34.8 Å². The van der Waals surface area contributed by atoms with Crippen LogP contribution < -0.4 is 4.74 Å². The van der Waals surface area contributed by atoms with Crippen molar-refractivity contribution in [3.8, 4) is 11.5 Å². The molecule has 0 radical (unpaired) electrons. The van der Waals surface area contributed by atoms with E-state index in [9.17, 15) is 20.1 Å². The van der Waals surface area contributed by atoms with Crippen LogP contribution in [0.4, 0.5) is 0 Å². The molecule has 2 aliphatic rings. The first-order valence-corrected chi connectivity index (χ1v) is 7.80. The molecule has 5 nitrogen and oxygen atoms in total. The van der Waals surface area contributed by atoms with Crippen molar-refractivity contribution in [2.75, 3.05) is 13.7 Å². The van der Waals surface area contributed by atoms with Crippen LogP contribution in [0.15, 0.2) is 23.5 Å². The van der Waals surface area contributed by atoms with Crippen LogP contribution in [-0.2, 0) is 5.41 Å². The highest BCUT2D eigenvalue weighted by Gasteiger charge is 2.52. The van der Waals surface area contributed by atoms with E-state index in [1.165, 1.54) is 13.2 Å². The minimum absolute atomic E-state index is 0.125. The highest BCUT2D eigenvalue weighted by molar-refractivity contribution is 6.11. The zero-order valence-corrected chi connectivity index (χ0v) is 13.6. The first kappa shape index (κ1) is 15.9. The molecule has 0 unspecified atom stereocenters. The van der Waals surface area contributed by atoms with Crippen molar-refractivity contribution in [3.05, 3.63) is 34.6 Å². The molecule has 3 N–H and O–H groups in total. The van der Waals surface area contributed by atoms with E-state index >= 15 is 0 Å². The molecule has 0 bridgehead atoms. The molecule has 1 fully saturated rings. The second kappa shape index (κ2) is 4.99. The van der Waals surface area contributed by atoms with E-state index in [1.54, 1.807) is 6.07 Å². The number of phenolic OH excluding ortho intramolecular Hbond substituents is 1. The van der Waals surface area contributed by atoms with Crippen molar-refractivity contribution >= 4 is 5.78 Å². The van der Waals surface area contributed by atoms with Crippen molar-refractivity contribution in [2.24, 2.45) is 5.41 Å². The number of hydrogen-bond donors (Lipinski definition) is 3. The lowest BCUT2D eigenvalue weighted by molar-refractivity contribution is 0.0877. The van der Waals surface area contributed by atoms with Crippen molar-refractivity contribution in [1.29, 1.82) is 0 Å². The number of carbonyl (C=O) groups is 1. The fraction of sp³-hybridized carbons (Fsp3) is 0.500. The summed E-state index contributed by atoms with van der Waals surface area (Å²) in [5, 5.41) is 30.4. The van der Waals surface area contributed by atoms with Crippen LogP contribution in [0, 0.1) is 5.41 Å². The van der Waals surface area contributed by atoms with Gasteiger partial charge in [0.1, 0.15) is 0 Å². The summed E-state index contributed by atoms with van der Waals surface area (Å²) in [4.78, 5) is 12.6. The number of aliphatic hydroxyl groups is 2. The van der Waals surface area contributed by atoms with Gasteiger partial charge in [-0.3, -0.25) is 4.79 Å². The first-order chi connectivity index (χ1) is 10.8. The monoisotopic (exact) mass is 318 g/mol. The Morgan fingerprint density at radius 1 is 1.22 bits per heavy atom. The molecule has 5 heteroatoms. The van der Waals surface area contributed by atoms with Gasteiger partial charge in [0.05, 0.1) is 13.7 Å². The van der Waals surface area contributed by atoms with Gasteiger partial charge in [-0.25, -0.2) is 0 Å². The molecule has 1 aromatic rings. The SMILES string of the molecule is COc1cc2c(cc1O)C(=O)C(O)=C1[C@@](C)(CO)CCC[C@@]12C. The largest absolute Gasteiger partial charge is 0.504 e. The highest BCUT2D eigenvalue weighted by Crippen LogP contribution is 2.57. The summed E-state index contributed by atoms with van der Waals surface area (Å²) in [6, 6.07) is 3.04. The van der Waals surface area contributed by atoms with Gasteiger partial charge < -0.3 is 20.1 Å². The Morgan fingerprint density at radius 3 is 2.52 bits per heavy atom. The maximum atomic E-state index is 12.6. The standard InChI is InChI=1S/C18H22O5/c1-17(9-19)5-4-6-18(2)11-8-13(23-3)12(20)7-10(11)14(21)15(22)16(17)18/h7-8,19-20,22H,4-6,9H2,1-3H3/t17-,18-/m1/s1. The molecular formula is C18H22O5. The molecule has 0 saturated heterocycles. The van der Waals surface area contributed by atoms with Gasteiger partial charge in [0.25, 0.3) is 0 Å². The van der Waals surface area contributed by atoms with E-state index in [1.807, 2.05) is 13.8 Å². The molecule has 124 valence electrons. The lowest BCUT2D eigenvalue weighted by Gasteiger charge is -2.49. The maximum Gasteiger partial charge on any atom is 0.227 e. The minimum Gasteiger partial charge on any atom is -0.504 e. The third-order valence-corrected chi connectivity index (χ3v) is 5.52. The van der Waals surface area contributed by atoms with Gasteiger partial charge in [-0.05, 0) is 36.1 Å². The smallest absolute Gasteiger partial charge is 0.227 e. The number of benzene rings is 1. The number of aliphatic hydroxyl groups excluding tert-OH is 2. The summed E-state index contributed by atoms with van der Waals surface area (Å²) in [6.45, 7) is 3.74. The molecule has 2 atom stereocenters. The molecule has 0 heterocycles. The van der Waals surface area contributed by atoms with Crippen LogP contribution in [0.3, 0.4) is 0 Å². The van der Waals surface area contributed by atoms with Gasteiger partial charge in [-0.15, -0.1) is 0 Å². The molecule has 23 heavy (non-hydrogen) atoms. The third kappa shape index (κ3) is 1.99. The van der Waals surface area contributed by atoms with Gasteiger partial charge in [0, 0.05) is 16.4 Å². The van der Waals surface area contributed by atoms with Crippen molar-refractivity contribution in [2.45, 2.75) is 38.5 Å². The zero-order chi connectivity index (χ0) is 17.0. The molecule has 0 aromatic heterocycles. The molecule has 0 amide bonds. The third-order valence-electron chi connectivity index (χ3n) is 5.52. The maximum absolute atomic E-state index is 12.6. The Kier molecular flexibility index (Phi) is 3.45. The number of methoxy groups -OCH3 is 1. The number of aromatic hydroxyl groups is 1. The van der Waals surface area contributed by atoms with Crippen LogP contribution in [0.5, 0.6) is 11.5 Å². The van der Waals surface area contributed by atoms with Crippen molar-refractivity contribution < 1.29 is 24.9 Å². The highest BCUT2D eigenvalue weighted by atomic mass is 16.5. The lowest BCUT2D eigenvalue weighted by Crippen LogP contribution is -2.46. The summed E-state index contributed by atoms with van der Waals surface area (Å²) < 4.78 is 5.19. The summed E-state index contributed by atoms with van der Waals surface area (Å²) in [5.41, 5.74) is 0.446. The van der Waals surface area contributed by atoms with E-state index in [2.05, 4.69) is 0 Å². The van der Waals surface area contributed by atoms with Gasteiger partial charge in [-0.1, -0.05) is 20.3 Å². The number of fused-ring (bicyclic) bond motifs is 3. The average Bonchev–Trinajstić information content (AvgIpc) is 2.52. The predicted molar refractivity (Wildman–Crippen MR) is 85.0 cm³/mol. The van der Waals surface area contributed by atoms with E-state index < -0.39 is 16.6 Å². The van der Waals surface area contributed by atoms with E-state index in [0.717, 1.165) is 24.8 Å². The zero-order valence-electron chi connectivity index (χ0n) is 13.6. The molecular weight excluding hydrogens is 296 g/mol. The summed E-state index contributed by atoms with van der Waals surface area (Å²) in [7, 11) is 1.46. The second-order valence-electron chi connectivity index (χ2n) is 7.03. The molecule has 0 spiro atoms. The Bertz CT molecular complexity index is 720. The Hall–Kier alpha value is -2.01. The molecule has 1 saturated carbocycles. The molecule has 0 aliphatic heterocycles. The number of allylic oxidation sites excluding steroid dienone is 1. The summed E-state index contributed by atoms with van der Waals surface area (Å²) in [5.74, 6) is -0.622. The van der Waals surface area contributed by atoms with Crippen LogP contribution >= 0.6 is 0 Å². The topological polar surface area (TPSA) is 87.0 Å². The first-order valence-electron chi connectivity index (χ1n) is 7.80. The lowest BCUT2D eigenvalue weighted by atomic mass is 9.54. The molecule has 2 aliphatic carbocycles. The number of Topliss-reactive ketones (excluding diaryl/α,β-unsaturated/α-hetero) is 1. The number of ether oxygens (including phenoxy) is 1. The van der Waals surface area contributed by atoms with Crippen LogP contribution in [0.1, 0.15) is 49.0 Å². The molecule has 1 aromatic carbocycles. The number of rotatable bonds is 2. The van der Waals surface area contributed by atoms with Crippen molar-refractivity contribution in [1.82, 2.24) is 0 Å². The minimum atomic E-state index is -0.629. The fourth-order valence-corrected chi connectivity index (χ4v) is 4.34. The van der Waals surface area contributed by atoms with Gasteiger partial charge in [0.15, 0.2) is 17.3 Å². The van der Waals surface area contributed by atoms with Crippen LogP contribution in [0.25, 0.3) is 0 Å². The average molecular weight is 318 g/mol. The molecule has 3 rings (SSSR count). The van der Waals surface area contributed by atoms with Gasteiger partial charge in [-0.2, -0.15) is 0 Å². The Labute approximate surface area is 135 Å². The Morgan fingerprint density at radius 2 is 1.91 bits per heavy atom. The normalized spacial score (nSPS) is 30.0. The number of hydrogen-bond acceptors (Lipinski definition) is 5. The van der Waals surface area contributed by atoms with Crippen molar-refractivity contribution in [3.63, 3.8) is 0 Å². The Balaban J connectivity index is 2.32. The number of phenols is 1. The number of ketones is 1. The van der Waals surface area contributed by atoms with E-state index in [4.69, 9.17) is 4.74 Å². The van der Waals surface area contributed by atoms with E-state index in [0.29, 0.717) is 16.9 Å². The van der Waals surface area contributed by atoms with E-state index in [-0.39, 0.29) is 18.1 Å². The predicted octanol–water partition coefficient (Wildman–Crippen LogP) is 2.85. The summed E-state index contributed by atoms with van der Waals surface area (Å²) in [6.07, 6.45) is 2.35. The van der Waals surface area contributed by atoms with Gasteiger partial charge >= 0.3 is 0 Å². The number of carbonyl (C=O) groups excluding carboxylic acids is 1. The second-order valence-corrected chi connectivity index (χ2v) is 7.03. The van der Waals surface area contributed by atoms with Crippen LogP contribution in [0.2, 0.25) is 0 Å². The van der Waals surface area contributed by atoms with Gasteiger partial charge in [0.2, 0.25) is 5.78 Å². The fourth-order valence-electron chi connectivity index (χ4n) is 4.34. The quantitative estimate of drug-likeness (QED) is 0.780. The summed E-state index contributed by atoms with van der Waals surface area (Å²) >= 11 is 0.